The second-order valence-corrected chi connectivity index (χ2v) is 7.92. The molecule has 2 aromatic carbocycles. The van der Waals surface area contributed by atoms with Gasteiger partial charge in [0.25, 0.3) is 5.91 Å². The Balaban J connectivity index is 1.60. The molecule has 0 saturated heterocycles. The van der Waals surface area contributed by atoms with Crippen molar-refractivity contribution in [1.82, 2.24) is 15.2 Å². The average Bonchev–Trinajstić information content (AvgIpc) is 3.22. The third-order valence-corrected chi connectivity index (χ3v) is 5.57. The van der Waals surface area contributed by atoms with Crippen molar-refractivity contribution in [3.05, 3.63) is 75.8 Å². The van der Waals surface area contributed by atoms with Gasteiger partial charge < -0.3 is 10.2 Å². The van der Waals surface area contributed by atoms with Gasteiger partial charge in [-0.15, -0.1) is 11.3 Å². The molecule has 0 spiro atoms. The molecule has 2 amide bonds. The third-order valence-electron chi connectivity index (χ3n) is 4.43. The van der Waals surface area contributed by atoms with Crippen LogP contribution in [0.4, 0.5) is 0 Å². The van der Waals surface area contributed by atoms with E-state index < -0.39 is 0 Å². The molecular weight excluding hydrogens is 406 g/mol. The Hall–Kier alpha value is -2.70. The van der Waals surface area contributed by atoms with Crippen LogP contribution in [0.15, 0.2) is 53.9 Å². The number of carbonyl (C=O) groups excluding carboxylic acids is 2. The van der Waals surface area contributed by atoms with Gasteiger partial charge in [0.05, 0.1) is 6.54 Å². The fourth-order valence-corrected chi connectivity index (χ4v) is 3.65. The summed E-state index contributed by atoms with van der Waals surface area (Å²) >= 11 is 7.29. The van der Waals surface area contributed by atoms with E-state index in [2.05, 4.69) is 10.3 Å². The smallest absolute Gasteiger partial charge is 0.273 e. The first-order valence-corrected chi connectivity index (χ1v) is 10.5. The van der Waals surface area contributed by atoms with Crippen LogP contribution in [0.5, 0.6) is 0 Å². The van der Waals surface area contributed by atoms with E-state index in [1.165, 1.54) is 21.8 Å². The highest BCUT2D eigenvalue weighted by Crippen LogP contribution is 2.24. The van der Waals surface area contributed by atoms with Gasteiger partial charge in [-0.3, -0.25) is 9.59 Å². The van der Waals surface area contributed by atoms with E-state index in [0.29, 0.717) is 23.8 Å². The summed E-state index contributed by atoms with van der Waals surface area (Å²) in [5.74, 6) is -0.465. The monoisotopic (exact) mass is 427 g/mol. The van der Waals surface area contributed by atoms with Crippen molar-refractivity contribution in [3.63, 3.8) is 0 Å². The average molecular weight is 428 g/mol. The number of amides is 2. The maximum atomic E-state index is 12.8. The summed E-state index contributed by atoms with van der Waals surface area (Å²) in [5.41, 5.74) is 3.45. The summed E-state index contributed by atoms with van der Waals surface area (Å²) in [6.07, 6.45) is 0. The van der Waals surface area contributed by atoms with Gasteiger partial charge >= 0.3 is 0 Å². The number of nitrogens with one attached hydrogen (secondary N) is 1. The first-order chi connectivity index (χ1) is 14.0. The number of rotatable bonds is 7. The lowest BCUT2D eigenvalue weighted by atomic mass is 10.2. The molecule has 7 heteroatoms. The minimum atomic E-state index is -0.247. The van der Waals surface area contributed by atoms with E-state index in [0.717, 1.165) is 16.1 Å². The molecule has 0 saturated carbocycles. The molecule has 150 valence electrons. The molecule has 0 aliphatic carbocycles. The van der Waals surface area contributed by atoms with Gasteiger partial charge in [0.15, 0.2) is 0 Å². The van der Waals surface area contributed by atoms with Gasteiger partial charge in [-0.1, -0.05) is 53.6 Å². The van der Waals surface area contributed by atoms with E-state index >= 15 is 0 Å². The Morgan fingerprint density at radius 2 is 1.79 bits per heavy atom. The molecule has 3 aromatic rings. The molecule has 1 heterocycles. The van der Waals surface area contributed by atoms with E-state index in [-0.39, 0.29) is 18.4 Å². The van der Waals surface area contributed by atoms with Crippen molar-refractivity contribution < 1.29 is 9.59 Å². The van der Waals surface area contributed by atoms with E-state index in [4.69, 9.17) is 11.6 Å². The first kappa shape index (κ1) is 21.0. The minimum absolute atomic E-state index is 0.0136. The van der Waals surface area contributed by atoms with Crippen LogP contribution in [0, 0.1) is 6.92 Å². The Kier molecular flexibility index (Phi) is 7.01. The highest BCUT2D eigenvalue weighted by molar-refractivity contribution is 7.13. The number of hydrogen-bond acceptors (Lipinski definition) is 4. The second-order valence-electron chi connectivity index (χ2n) is 6.63. The molecule has 0 bridgehead atoms. The van der Waals surface area contributed by atoms with E-state index in [9.17, 15) is 9.59 Å². The number of halogens is 1. The fraction of sp³-hybridized carbons (Fsp3) is 0.227. The zero-order valence-corrected chi connectivity index (χ0v) is 17.9. The summed E-state index contributed by atoms with van der Waals surface area (Å²) in [7, 11) is 0. The number of hydrogen-bond donors (Lipinski definition) is 1. The van der Waals surface area contributed by atoms with Crippen LogP contribution in [-0.4, -0.2) is 34.8 Å². The molecule has 3 rings (SSSR count). The van der Waals surface area contributed by atoms with Crippen LogP contribution >= 0.6 is 22.9 Å². The highest BCUT2D eigenvalue weighted by atomic mass is 35.5. The Morgan fingerprint density at radius 3 is 2.45 bits per heavy atom. The van der Waals surface area contributed by atoms with Gasteiger partial charge in [-0.05, 0) is 31.5 Å². The van der Waals surface area contributed by atoms with Crippen molar-refractivity contribution >= 4 is 34.8 Å². The zero-order valence-electron chi connectivity index (χ0n) is 16.3. The predicted octanol–water partition coefficient (Wildman–Crippen LogP) is 4.55. The van der Waals surface area contributed by atoms with Gasteiger partial charge in [-0.25, -0.2) is 4.98 Å². The number of benzene rings is 2. The third kappa shape index (κ3) is 5.65. The first-order valence-electron chi connectivity index (χ1n) is 9.29. The SMILES string of the molecule is CCN(CC(=O)NCc1ccc(Cl)cc1)C(=O)c1csc(-c2ccc(C)cc2)n1. The molecule has 1 aromatic heterocycles. The quantitative estimate of drug-likeness (QED) is 0.601. The van der Waals surface area contributed by atoms with Crippen molar-refractivity contribution in [2.45, 2.75) is 20.4 Å². The number of aryl methyl sites for hydroxylation is 1. The van der Waals surface area contributed by atoms with Gasteiger partial charge in [0.2, 0.25) is 5.91 Å². The standard InChI is InChI=1S/C22H22ClN3O2S/c1-3-26(13-20(27)24-12-16-6-10-18(23)11-7-16)22(28)19-14-29-21(25-19)17-8-4-15(2)5-9-17/h4-11,14H,3,12-13H2,1-2H3,(H,24,27). The summed E-state index contributed by atoms with van der Waals surface area (Å²) in [5, 5.41) is 6.01. The Morgan fingerprint density at radius 1 is 1.10 bits per heavy atom. The topological polar surface area (TPSA) is 62.3 Å². The zero-order chi connectivity index (χ0) is 20.8. The lowest BCUT2D eigenvalue weighted by Crippen LogP contribution is -2.40. The van der Waals surface area contributed by atoms with E-state index in [1.54, 1.807) is 17.5 Å². The molecule has 5 nitrogen and oxygen atoms in total. The maximum absolute atomic E-state index is 12.8. The molecule has 29 heavy (non-hydrogen) atoms. The molecule has 0 radical (unpaired) electrons. The van der Waals surface area contributed by atoms with Crippen LogP contribution in [0.2, 0.25) is 5.02 Å². The normalized spacial score (nSPS) is 10.6. The summed E-state index contributed by atoms with van der Waals surface area (Å²) in [6, 6.07) is 15.3. The number of likely N-dealkylation sites (N-methyl/N-ethyl adjacent to an activating group) is 1. The number of nitrogens with zero attached hydrogens (tertiary/aromatic N) is 2. The van der Waals surface area contributed by atoms with Crippen LogP contribution in [-0.2, 0) is 11.3 Å². The molecular formula is C22H22ClN3O2S. The highest BCUT2D eigenvalue weighted by Gasteiger charge is 2.20. The van der Waals surface area contributed by atoms with Gasteiger partial charge in [0, 0.05) is 29.1 Å². The van der Waals surface area contributed by atoms with Crippen LogP contribution < -0.4 is 5.32 Å². The second kappa shape index (κ2) is 9.67. The minimum Gasteiger partial charge on any atom is -0.350 e. The molecule has 0 fully saturated rings. The molecule has 0 aliphatic heterocycles. The summed E-state index contributed by atoms with van der Waals surface area (Å²) < 4.78 is 0. The Bertz CT molecular complexity index is 984. The van der Waals surface area contributed by atoms with Crippen LogP contribution in [0.25, 0.3) is 10.6 Å². The van der Waals surface area contributed by atoms with Crippen molar-refractivity contribution in [2.75, 3.05) is 13.1 Å². The van der Waals surface area contributed by atoms with E-state index in [1.807, 2.05) is 50.2 Å². The van der Waals surface area contributed by atoms with Crippen molar-refractivity contribution in [2.24, 2.45) is 0 Å². The van der Waals surface area contributed by atoms with Gasteiger partial charge in [0.1, 0.15) is 10.7 Å². The number of thiazole rings is 1. The summed E-state index contributed by atoms with van der Waals surface area (Å²) in [6.45, 7) is 4.66. The lowest BCUT2D eigenvalue weighted by molar-refractivity contribution is -0.121. The molecule has 0 aliphatic rings. The lowest BCUT2D eigenvalue weighted by Gasteiger charge is -2.19. The Labute approximate surface area is 179 Å². The molecule has 0 atom stereocenters. The van der Waals surface area contributed by atoms with Crippen molar-refractivity contribution in [1.29, 1.82) is 0 Å². The predicted molar refractivity (Wildman–Crippen MR) is 117 cm³/mol. The maximum Gasteiger partial charge on any atom is 0.273 e. The molecule has 1 N–H and O–H groups in total. The largest absolute Gasteiger partial charge is 0.350 e. The number of carbonyl (C=O) groups is 2. The number of aromatic nitrogens is 1. The van der Waals surface area contributed by atoms with Crippen molar-refractivity contribution in [3.8, 4) is 10.6 Å². The fourth-order valence-electron chi connectivity index (χ4n) is 2.72. The van der Waals surface area contributed by atoms with Crippen LogP contribution in [0.1, 0.15) is 28.5 Å². The molecule has 0 unspecified atom stereocenters. The summed E-state index contributed by atoms with van der Waals surface area (Å²) in [4.78, 5) is 31.1. The van der Waals surface area contributed by atoms with Crippen LogP contribution in [0.3, 0.4) is 0 Å². The van der Waals surface area contributed by atoms with Gasteiger partial charge in [-0.2, -0.15) is 0 Å².